The minimum Gasteiger partial charge on any atom is -0.504 e. The molecule has 1 N–H and O–H groups in total. The van der Waals surface area contributed by atoms with Crippen molar-refractivity contribution in [2.75, 3.05) is 0 Å². The van der Waals surface area contributed by atoms with Gasteiger partial charge >= 0.3 is 0 Å². The molecule has 0 heterocycles. The van der Waals surface area contributed by atoms with Gasteiger partial charge in [-0.3, -0.25) is 0 Å². The van der Waals surface area contributed by atoms with Crippen molar-refractivity contribution in [3.05, 3.63) is 24.3 Å². The Balaban J connectivity index is 2.54. The number of carbonyl (C=O) groups excluding carboxylic acids is 1. The number of rotatable bonds is 4. The molecule has 1 aromatic rings. The van der Waals surface area contributed by atoms with E-state index in [1.807, 2.05) is 0 Å². The lowest BCUT2D eigenvalue weighted by molar-refractivity contribution is -0.106. The van der Waals surface area contributed by atoms with Gasteiger partial charge in [-0.15, -0.1) is 0 Å². The second kappa shape index (κ2) is 4.92. The van der Waals surface area contributed by atoms with Crippen molar-refractivity contribution in [3.63, 3.8) is 0 Å². The monoisotopic (exact) mass is 179 g/mol. The first-order valence-electron chi connectivity index (χ1n) is 3.75. The summed E-state index contributed by atoms with van der Waals surface area (Å²) >= 11 is 0. The molecule has 0 amide bonds. The van der Waals surface area contributed by atoms with Gasteiger partial charge in [-0.05, 0) is 12.1 Å². The van der Waals surface area contributed by atoms with Gasteiger partial charge in [0.15, 0.2) is 11.5 Å². The molecule has 4 nitrogen and oxygen atoms in total. The third-order valence-electron chi connectivity index (χ3n) is 1.29. The quantitative estimate of drug-likeness (QED) is 0.431. The van der Waals surface area contributed by atoms with Crippen LogP contribution in [0.4, 0.5) is 0 Å². The fourth-order valence-corrected chi connectivity index (χ4v) is 0.714. The second-order valence-corrected chi connectivity index (χ2v) is 2.25. The first-order chi connectivity index (χ1) is 6.34. The van der Waals surface area contributed by atoms with Gasteiger partial charge in [0.05, 0.1) is 6.21 Å². The summed E-state index contributed by atoms with van der Waals surface area (Å²) in [5.74, 6) is 0.287. The normalized spacial score (nSPS) is 10.2. The van der Waals surface area contributed by atoms with E-state index in [0.717, 1.165) is 0 Å². The van der Waals surface area contributed by atoms with Gasteiger partial charge in [-0.25, -0.2) is 0 Å². The van der Waals surface area contributed by atoms with Crippen LogP contribution in [0.3, 0.4) is 0 Å². The number of phenolic OH excluding ortho intramolecular Hbond substituents is 1. The van der Waals surface area contributed by atoms with Crippen LogP contribution in [0.15, 0.2) is 29.4 Å². The predicted molar refractivity (Wildman–Crippen MR) is 47.9 cm³/mol. The first kappa shape index (κ1) is 9.25. The lowest BCUT2D eigenvalue weighted by Gasteiger charge is -1.98. The predicted octanol–water partition coefficient (Wildman–Crippen LogP) is 1.35. The summed E-state index contributed by atoms with van der Waals surface area (Å²) in [6, 6.07) is 6.46. The van der Waals surface area contributed by atoms with E-state index < -0.39 is 0 Å². The molecule has 13 heavy (non-hydrogen) atoms. The number of hydrogen-bond donors (Lipinski definition) is 1. The highest BCUT2D eigenvalue weighted by Gasteiger charge is 1.97. The SMILES string of the molecule is O=CC/C=N/Oc1ccccc1O. The minimum absolute atomic E-state index is 0.0192. The van der Waals surface area contributed by atoms with Crippen LogP contribution in [0.5, 0.6) is 11.5 Å². The zero-order chi connectivity index (χ0) is 9.52. The van der Waals surface area contributed by atoms with Crippen molar-refractivity contribution in [3.8, 4) is 11.5 Å². The summed E-state index contributed by atoms with van der Waals surface area (Å²) in [6.45, 7) is 0. The number of aromatic hydroxyl groups is 1. The van der Waals surface area contributed by atoms with Gasteiger partial charge in [0.2, 0.25) is 0 Å². The van der Waals surface area contributed by atoms with Gasteiger partial charge in [-0.2, -0.15) is 0 Å². The van der Waals surface area contributed by atoms with E-state index in [2.05, 4.69) is 5.16 Å². The number of benzene rings is 1. The molecule has 0 atom stereocenters. The van der Waals surface area contributed by atoms with E-state index in [9.17, 15) is 9.90 Å². The summed E-state index contributed by atoms with van der Waals surface area (Å²) in [6.07, 6.45) is 2.23. The molecule has 0 unspecified atom stereocenters. The Morgan fingerprint density at radius 1 is 1.46 bits per heavy atom. The van der Waals surface area contributed by atoms with Crippen molar-refractivity contribution >= 4 is 12.5 Å². The van der Waals surface area contributed by atoms with Crippen LogP contribution in [0, 0.1) is 0 Å². The standard InChI is InChI=1S/C9H9NO3/c11-7-3-6-10-13-9-5-2-1-4-8(9)12/h1-2,4-7,12H,3H2/b10-6+. The summed E-state index contributed by atoms with van der Waals surface area (Å²) in [5, 5.41) is 12.7. The third kappa shape index (κ3) is 2.94. The molecule has 0 aromatic heterocycles. The van der Waals surface area contributed by atoms with E-state index in [1.54, 1.807) is 18.2 Å². The molecule has 0 bridgehead atoms. The van der Waals surface area contributed by atoms with E-state index in [1.165, 1.54) is 12.3 Å². The number of para-hydroxylation sites is 2. The average molecular weight is 179 g/mol. The van der Waals surface area contributed by atoms with Gasteiger partial charge < -0.3 is 14.7 Å². The largest absolute Gasteiger partial charge is 0.504 e. The molecule has 68 valence electrons. The Bertz CT molecular complexity index is 309. The Labute approximate surface area is 75.4 Å². The summed E-state index contributed by atoms with van der Waals surface area (Å²) in [4.78, 5) is 14.7. The fourth-order valence-electron chi connectivity index (χ4n) is 0.714. The lowest BCUT2D eigenvalue weighted by Crippen LogP contribution is -1.85. The van der Waals surface area contributed by atoms with Crippen LogP contribution < -0.4 is 4.84 Å². The second-order valence-electron chi connectivity index (χ2n) is 2.25. The van der Waals surface area contributed by atoms with Crippen LogP contribution in [0.25, 0.3) is 0 Å². The number of nitrogens with zero attached hydrogens (tertiary/aromatic N) is 1. The van der Waals surface area contributed by atoms with Gasteiger partial charge in [0.1, 0.15) is 6.29 Å². The molecule has 0 aliphatic heterocycles. The highest BCUT2D eigenvalue weighted by atomic mass is 16.6. The molecular formula is C9H9NO3. The first-order valence-corrected chi connectivity index (χ1v) is 3.75. The summed E-state index contributed by atoms with van der Waals surface area (Å²) < 4.78 is 0. The molecule has 1 rings (SSSR count). The maximum atomic E-state index is 9.89. The van der Waals surface area contributed by atoms with Gasteiger partial charge in [0, 0.05) is 6.42 Å². The zero-order valence-electron chi connectivity index (χ0n) is 6.88. The molecule has 0 spiro atoms. The molecule has 0 aliphatic rings. The number of aldehydes is 1. The smallest absolute Gasteiger partial charge is 0.199 e. The van der Waals surface area contributed by atoms with E-state index in [4.69, 9.17) is 4.84 Å². The van der Waals surface area contributed by atoms with Gasteiger partial charge in [-0.1, -0.05) is 17.3 Å². The molecular weight excluding hydrogens is 170 g/mol. The lowest BCUT2D eigenvalue weighted by atomic mass is 10.3. The fraction of sp³-hybridized carbons (Fsp3) is 0.111. The molecule has 1 aromatic carbocycles. The van der Waals surface area contributed by atoms with Crippen LogP contribution in [-0.2, 0) is 4.79 Å². The maximum absolute atomic E-state index is 9.89. The van der Waals surface area contributed by atoms with Crippen molar-refractivity contribution in [2.24, 2.45) is 5.16 Å². The van der Waals surface area contributed by atoms with E-state index in [0.29, 0.717) is 6.29 Å². The Morgan fingerprint density at radius 2 is 2.23 bits per heavy atom. The molecule has 4 heteroatoms. The molecule has 0 fully saturated rings. The van der Waals surface area contributed by atoms with E-state index in [-0.39, 0.29) is 17.9 Å². The molecule has 0 saturated heterocycles. The Kier molecular flexibility index (Phi) is 3.50. The van der Waals surface area contributed by atoms with Gasteiger partial charge in [0.25, 0.3) is 0 Å². The molecule has 0 saturated carbocycles. The molecule has 0 aliphatic carbocycles. The Morgan fingerprint density at radius 3 is 2.92 bits per heavy atom. The Hall–Kier alpha value is -1.84. The zero-order valence-corrected chi connectivity index (χ0v) is 6.88. The number of carbonyl (C=O) groups is 1. The number of hydrogen-bond acceptors (Lipinski definition) is 4. The highest BCUT2D eigenvalue weighted by molar-refractivity contribution is 5.75. The maximum Gasteiger partial charge on any atom is 0.199 e. The van der Waals surface area contributed by atoms with Crippen LogP contribution in [0.1, 0.15) is 6.42 Å². The summed E-state index contributed by atoms with van der Waals surface area (Å²) in [5.41, 5.74) is 0. The van der Waals surface area contributed by atoms with Crippen LogP contribution in [0.2, 0.25) is 0 Å². The highest BCUT2D eigenvalue weighted by Crippen LogP contribution is 2.24. The topological polar surface area (TPSA) is 58.9 Å². The van der Waals surface area contributed by atoms with Crippen molar-refractivity contribution in [2.45, 2.75) is 6.42 Å². The van der Waals surface area contributed by atoms with Crippen molar-refractivity contribution in [1.29, 1.82) is 0 Å². The minimum atomic E-state index is 0.0192. The average Bonchev–Trinajstić information content (AvgIpc) is 2.15. The molecule has 0 radical (unpaired) electrons. The van der Waals surface area contributed by atoms with E-state index >= 15 is 0 Å². The number of oxime groups is 1. The van der Waals surface area contributed by atoms with Crippen LogP contribution in [-0.4, -0.2) is 17.6 Å². The third-order valence-corrected chi connectivity index (χ3v) is 1.29. The van der Waals surface area contributed by atoms with Crippen LogP contribution >= 0.6 is 0 Å². The summed E-state index contributed by atoms with van der Waals surface area (Å²) in [7, 11) is 0. The van der Waals surface area contributed by atoms with Crippen molar-refractivity contribution in [1.82, 2.24) is 0 Å². The van der Waals surface area contributed by atoms with Crippen molar-refractivity contribution < 1.29 is 14.7 Å². The number of phenols is 1.